The van der Waals surface area contributed by atoms with Crippen molar-refractivity contribution >= 4 is 21.9 Å². The van der Waals surface area contributed by atoms with Crippen LogP contribution in [-0.2, 0) is 4.79 Å². The van der Waals surface area contributed by atoms with Crippen molar-refractivity contribution in [1.82, 2.24) is 4.90 Å². The van der Waals surface area contributed by atoms with Crippen LogP contribution in [0.15, 0.2) is 53.0 Å². The number of carbonyl (C=O) groups is 1. The number of nitrogens with zero attached hydrogens (tertiary/aromatic N) is 1. The molecule has 1 saturated heterocycles. The average Bonchev–Trinajstić information content (AvgIpc) is 2.64. The van der Waals surface area contributed by atoms with E-state index in [1.807, 2.05) is 36.4 Å². The van der Waals surface area contributed by atoms with Crippen molar-refractivity contribution in [2.45, 2.75) is 31.3 Å². The van der Waals surface area contributed by atoms with Crippen LogP contribution in [0, 0.1) is 0 Å². The lowest BCUT2D eigenvalue weighted by Crippen LogP contribution is -2.46. The molecule has 1 aliphatic heterocycles. The molecule has 5 heteroatoms. The van der Waals surface area contributed by atoms with Crippen LogP contribution < -0.4 is 4.74 Å². The van der Waals surface area contributed by atoms with Crippen LogP contribution in [0.4, 0.5) is 0 Å². The number of piperidine rings is 1. The number of hydrogen-bond acceptors (Lipinski definition) is 3. The molecule has 0 radical (unpaired) electrons. The number of aliphatic carboxylic acids is 1. The zero-order valence-electron chi connectivity index (χ0n) is 14.2. The van der Waals surface area contributed by atoms with Crippen molar-refractivity contribution < 1.29 is 14.6 Å². The molecule has 3 rings (SSSR count). The van der Waals surface area contributed by atoms with Gasteiger partial charge in [0.15, 0.2) is 0 Å². The Balaban J connectivity index is 2.03. The second kappa shape index (κ2) is 8.02. The number of benzene rings is 2. The lowest BCUT2D eigenvalue weighted by Gasteiger charge is -2.39. The Labute approximate surface area is 156 Å². The fraction of sp³-hybridized carbons (Fsp3) is 0.350. The molecule has 1 N–H and O–H groups in total. The summed E-state index contributed by atoms with van der Waals surface area (Å²) >= 11 is 3.48. The Morgan fingerprint density at radius 3 is 2.28 bits per heavy atom. The molecule has 25 heavy (non-hydrogen) atoms. The lowest BCUT2D eigenvalue weighted by molar-refractivity contribution is -0.145. The minimum Gasteiger partial charge on any atom is -0.497 e. The third kappa shape index (κ3) is 4.05. The highest BCUT2D eigenvalue weighted by molar-refractivity contribution is 9.10. The maximum absolute atomic E-state index is 11.8. The number of hydrogen-bond donors (Lipinski definition) is 1. The molecule has 0 saturated carbocycles. The molecule has 4 nitrogen and oxygen atoms in total. The normalized spacial score (nSPS) is 19.4. The van der Waals surface area contributed by atoms with E-state index in [-0.39, 0.29) is 6.04 Å². The van der Waals surface area contributed by atoms with E-state index >= 15 is 0 Å². The van der Waals surface area contributed by atoms with Gasteiger partial charge in [-0.25, -0.2) is 0 Å². The molecule has 132 valence electrons. The minimum atomic E-state index is -0.740. The molecule has 2 unspecified atom stereocenters. The van der Waals surface area contributed by atoms with Gasteiger partial charge in [-0.1, -0.05) is 46.6 Å². The van der Waals surface area contributed by atoms with E-state index in [0.29, 0.717) is 6.42 Å². The van der Waals surface area contributed by atoms with Crippen molar-refractivity contribution in [2.75, 3.05) is 13.7 Å². The van der Waals surface area contributed by atoms with E-state index in [4.69, 9.17) is 4.74 Å². The second-order valence-corrected chi connectivity index (χ2v) is 7.23. The summed E-state index contributed by atoms with van der Waals surface area (Å²) in [4.78, 5) is 13.9. The van der Waals surface area contributed by atoms with Crippen molar-refractivity contribution in [3.8, 4) is 5.75 Å². The van der Waals surface area contributed by atoms with E-state index in [0.717, 1.165) is 40.7 Å². The predicted molar refractivity (Wildman–Crippen MR) is 101 cm³/mol. The molecule has 0 aromatic heterocycles. The molecule has 0 aliphatic carbocycles. The number of carboxylic acids is 1. The fourth-order valence-electron chi connectivity index (χ4n) is 3.53. The largest absolute Gasteiger partial charge is 0.497 e. The molecule has 2 aromatic carbocycles. The van der Waals surface area contributed by atoms with E-state index < -0.39 is 12.0 Å². The maximum Gasteiger partial charge on any atom is 0.320 e. The summed E-state index contributed by atoms with van der Waals surface area (Å²) in [6, 6.07) is 15.5. The van der Waals surface area contributed by atoms with Crippen molar-refractivity contribution in [3.63, 3.8) is 0 Å². The Morgan fingerprint density at radius 1 is 1.12 bits per heavy atom. The van der Waals surface area contributed by atoms with E-state index in [1.54, 1.807) is 7.11 Å². The number of halogens is 1. The molecular weight excluding hydrogens is 382 g/mol. The summed E-state index contributed by atoms with van der Waals surface area (Å²) in [6.07, 6.45) is 2.68. The van der Waals surface area contributed by atoms with E-state index in [1.165, 1.54) is 0 Å². The third-order valence-electron chi connectivity index (χ3n) is 4.78. The summed E-state index contributed by atoms with van der Waals surface area (Å²) in [7, 11) is 1.65. The highest BCUT2D eigenvalue weighted by Gasteiger charge is 2.35. The molecule has 2 aromatic rings. The van der Waals surface area contributed by atoms with Gasteiger partial charge in [-0.15, -0.1) is 0 Å². The molecule has 0 bridgehead atoms. The zero-order chi connectivity index (χ0) is 17.8. The van der Waals surface area contributed by atoms with Crippen molar-refractivity contribution in [3.05, 3.63) is 64.1 Å². The number of rotatable bonds is 5. The Hall–Kier alpha value is -1.85. The molecule has 0 spiro atoms. The summed E-state index contributed by atoms with van der Waals surface area (Å²) in [5, 5.41) is 9.71. The first-order valence-electron chi connectivity index (χ1n) is 8.48. The third-order valence-corrected chi connectivity index (χ3v) is 5.31. The monoisotopic (exact) mass is 403 g/mol. The Kier molecular flexibility index (Phi) is 5.76. The van der Waals surface area contributed by atoms with Crippen LogP contribution in [0.5, 0.6) is 5.75 Å². The van der Waals surface area contributed by atoms with Gasteiger partial charge < -0.3 is 9.84 Å². The number of ether oxygens (including phenoxy) is 1. The van der Waals surface area contributed by atoms with Gasteiger partial charge in [0, 0.05) is 4.47 Å². The fourth-order valence-corrected chi connectivity index (χ4v) is 3.80. The van der Waals surface area contributed by atoms with Gasteiger partial charge in [0.1, 0.15) is 11.8 Å². The van der Waals surface area contributed by atoms with Crippen LogP contribution in [0.3, 0.4) is 0 Å². The highest BCUT2D eigenvalue weighted by atomic mass is 79.9. The van der Waals surface area contributed by atoms with Gasteiger partial charge in [-0.2, -0.15) is 0 Å². The smallest absolute Gasteiger partial charge is 0.320 e. The first-order chi connectivity index (χ1) is 12.1. The Morgan fingerprint density at radius 2 is 1.72 bits per heavy atom. The first-order valence-corrected chi connectivity index (χ1v) is 9.27. The van der Waals surface area contributed by atoms with E-state index in [2.05, 4.69) is 33.0 Å². The quantitative estimate of drug-likeness (QED) is 0.798. The summed E-state index contributed by atoms with van der Waals surface area (Å²) < 4.78 is 6.27. The number of carboxylic acid groups (broad SMARTS) is 1. The highest BCUT2D eigenvalue weighted by Crippen LogP contribution is 2.35. The van der Waals surface area contributed by atoms with Crippen LogP contribution >= 0.6 is 15.9 Å². The van der Waals surface area contributed by atoms with Gasteiger partial charge in [-0.05, 0) is 54.8 Å². The second-order valence-electron chi connectivity index (χ2n) is 6.31. The average molecular weight is 404 g/mol. The van der Waals surface area contributed by atoms with Crippen LogP contribution in [-0.4, -0.2) is 35.7 Å². The molecule has 1 aliphatic rings. The van der Waals surface area contributed by atoms with Gasteiger partial charge in [0.05, 0.1) is 13.2 Å². The lowest BCUT2D eigenvalue weighted by atomic mass is 9.91. The number of likely N-dealkylation sites (tertiary alicyclic amines) is 1. The predicted octanol–water partition coefficient (Wildman–Crippen LogP) is 4.49. The van der Waals surface area contributed by atoms with Crippen LogP contribution in [0.25, 0.3) is 0 Å². The van der Waals surface area contributed by atoms with Gasteiger partial charge in [0.2, 0.25) is 0 Å². The van der Waals surface area contributed by atoms with Gasteiger partial charge in [-0.3, -0.25) is 9.69 Å². The Bertz CT molecular complexity index is 715. The van der Waals surface area contributed by atoms with Crippen molar-refractivity contribution in [1.29, 1.82) is 0 Å². The van der Waals surface area contributed by atoms with E-state index in [9.17, 15) is 9.90 Å². The summed E-state index contributed by atoms with van der Waals surface area (Å²) in [6.45, 7) is 0.781. The van der Waals surface area contributed by atoms with Gasteiger partial charge >= 0.3 is 5.97 Å². The minimum absolute atomic E-state index is 0.0830. The van der Waals surface area contributed by atoms with Crippen LogP contribution in [0.2, 0.25) is 0 Å². The molecular formula is C20H22BrNO3. The first kappa shape index (κ1) is 18.0. The zero-order valence-corrected chi connectivity index (χ0v) is 15.8. The maximum atomic E-state index is 11.8. The summed E-state index contributed by atoms with van der Waals surface area (Å²) in [5.41, 5.74) is 2.18. The summed E-state index contributed by atoms with van der Waals surface area (Å²) in [5.74, 6) is 0.0575. The molecule has 1 heterocycles. The van der Waals surface area contributed by atoms with Crippen LogP contribution in [0.1, 0.15) is 36.4 Å². The number of methoxy groups -OCH3 is 1. The molecule has 0 amide bonds. The molecule has 1 fully saturated rings. The SMILES string of the molecule is COc1ccc(C(c2ccc(Br)cc2)N2CCCCC2C(=O)O)cc1. The van der Waals surface area contributed by atoms with Crippen molar-refractivity contribution in [2.24, 2.45) is 0 Å². The molecule has 2 atom stereocenters. The van der Waals surface area contributed by atoms with Gasteiger partial charge in [0.25, 0.3) is 0 Å². The standard InChI is InChI=1S/C20H22BrNO3/c1-25-17-11-7-15(8-12-17)19(14-5-9-16(21)10-6-14)22-13-3-2-4-18(22)20(23)24/h5-12,18-19H,2-4,13H2,1H3,(H,23,24). The topological polar surface area (TPSA) is 49.8 Å².